The molecule has 2 heterocycles. The van der Waals surface area contributed by atoms with Crippen LogP contribution in [0.3, 0.4) is 0 Å². The summed E-state index contributed by atoms with van der Waals surface area (Å²) in [6.07, 6.45) is 5.81. The van der Waals surface area contributed by atoms with Crippen LogP contribution in [0.15, 0.2) is 55.0 Å². The number of hydrogen-bond acceptors (Lipinski definition) is 3. The first-order chi connectivity index (χ1) is 9.81. The van der Waals surface area contributed by atoms with Gasteiger partial charge in [-0.25, -0.2) is 4.98 Å². The second kappa shape index (κ2) is 5.61. The third-order valence-corrected chi connectivity index (χ3v) is 3.06. The van der Waals surface area contributed by atoms with E-state index in [0.29, 0.717) is 0 Å². The molecule has 0 unspecified atom stereocenters. The molecule has 0 fully saturated rings. The first-order valence-electron chi connectivity index (χ1n) is 6.64. The molecule has 0 aliphatic carbocycles. The first kappa shape index (κ1) is 12.5. The number of para-hydroxylation sites is 1. The summed E-state index contributed by atoms with van der Waals surface area (Å²) in [5.74, 6) is 0.862. The van der Waals surface area contributed by atoms with Gasteiger partial charge in [-0.15, -0.1) is 0 Å². The lowest BCUT2D eigenvalue weighted by Crippen LogP contribution is -2.09. The molecular formula is C15H17N5. The topological polar surface area (TPSA) is 47.7 Å². The maximum atomic E-state index is 4.53. The predicted molar refractivity (Wildman–Crippen MR) is 78.9 cm³/mol. The van der Waals surface area contributed by atoms with Gasteiger partial charge in [-0.2, -0.15) is 5.10 Å². The summed E-state index contributed by atoms with van der Waals surface area (Å²) in [4.78, 5) is 4.53. The highest BCUT2D eigenvalue weighted by Crippen LogP contribution is 2.16. The third-order valence-electron chi connectivity index (χ3n) is 3.06. The molecule has 102 valence electrons. The lowest BCUT2D eigenvalue weighted by molar-refractivity contribution is 0.536. The van der Waals surface area contributed by atoms with E-state index in [2.05, 4.69) is 26.2 Å². The maximum absolute atomic E-state index is 4.53. The van der Waals surface area contributed by atoms with E-state index < -0.39 is 0 Å². The summed E-state index contributed by atoms with van der Waals surface area (Å²) in [6, 6.07) is 12.0. The van der Waals surface area contributed by atoms with Gasteiger partial charge in [0.05, 0.1) is 12.2 Å². The molecule has 0 saturated carbocycles. The number of nitrogens with zero attached hydrogens (tertiary/aromatic N) is 4. The highest BCUT2D eigenvalue weighted by atomic mass is 15.3. The van der Waals surface area contributed by atoms with Crippen LogP contribution in [0, 0.1) is 6.92 Å². The fourth-order valence-corrected chi connectivity index (χ4v) is 2.11. The maximum Gasteiger partial charge on any atom is 0.207 e. The Hall–Kier alpha value is -2.56. The van der Waals surface area contributed by atoms with Crippen molar-refractivity contribution >= 4 is 11.6 Å². The van der Waals surface area contributed by atoms with Gasteiger partial charge in [0.2, 0.25) is 5.95 Å². The van der Waals surface area contributed by atoms with Crippen LogP contribution in [0.5, 0.6) is 0 Å². The molecule has 0 radical (unpaired) electrons. The van der Waals surface area contributed by atoms with E-state index in [4.69, 9.17) is 0 Å². The van der Waals surface area contributed by atoms with Crippen LogP contribution in [-0.4, -0.2) is 19.3 Å². The average molecular weight is 267 g/mol. The van der Waals surface area contributed by atoms with Crippen LogP contribution in [0.25, 0.3) is 0 Å². The normalized spacial score (nSPS) is 10.7. The first-order valence-corrected chi connectivity index (χ1v) is 6.64. The molecule has 0 aliphatic rings. The van der Waals surface area contributed by atoms with Crippen molar-refractivity contribution in [2.24, 2.45) is 0 Å². The summed E-state index contributed by atoms with van der Waals surface area (Å²) in [6.45, 7) is 3.66. The van der Waals surface area contributed by atoms with Gasteiger partial charge in [0.25, 0.3) is 0 Å². The molecule has 0 saturated heterocycles. The molecule has 1 aromatic carbocycles. The lowest BCUT2D eigenvalue weighted by atomic mass is 10.3. The SMILES string of the molecule is Cc1cn(CCn2cccn2)c(Nc2ccccc2)n1. The summed E-state index contributed by atoms with van der Waals surface area (Å²) < 4.78 is 4.03. The van der Waals surface area contributed by atoms with Crippen molar-refractivity contribution in [3.63, 3.8) is 0 Å². The zero-order valence-electron chi connectivity index (χ0n) is 11.4. The van der Waals surface area contributed by atoms with Crippen LogP contribution >= 0.6 is 0 Å². The minimum absolute atomic E-state index is 0.826. The Balaban J connectivity index is 1.74. The van der Waals surface area contributed by atoms with Gasteiger partial charge in [-0.1, -0.05) is 18.2 Å². The standard InChI is InChI=1S/C15H17N5/c1-13-12-19(10-11-20-9-5-8-16-20)15(17-13)18-14-6-3-2-4-7-14/h2-9,12H,10-11H2,1H3,(H,17,18). The highest BCUT2D eigenvalue weighted by Gasteiger charge is 2.06. The zero-order valence-corrected chi connectivity index (χ0v) is 11.4. The van der Waals surface area contributed by atoms with E-state index in [9.17, 15) is 0 Å². The minimum Gasteiger partial charge on any atom is -0.326 e. The molecule has 5 heteroatoms. The largest absolute Gasteiger partial charge is 0.326 e. The second-order valence-electron chi connectivity index (χ2n) is 4.66. The predicted octanol–water partition coefficient (Wildman–Crippen LogP) is 2.83. The Kier molecular flexibility index (Phi) is 3.50. The van der Waals surface area contributed by atoms with Crippen molar-refractivity contribution in [2.45, 2.75) is 20.0 Å². The van der Waals surface area contributed by atoms with Crippen molar-refractivity contribution in [3.8, 4) is 0 Å². The number of anilines is 2. The molecule has 0 atom stereocenters. The van der Waals surface area contributed by atoms with Crippen molar-refractivity contribution in [1.82, 2.24) is 19.3 Å². The van der Waals surface area contributed by atoms with Gasteiger partial charge < -0.3 is 9.88 Å². The summed E-state index contributed by atoms with van der Waals surface area (Å²) in [7, 11) is 0. The molecule has 2 aromatic heterocycles. The number of nitrogens with one attached hydrogen (secondary N) is 1. The van der Waals surface area contributed by atoms with E-state index in [1.54, 1.807) is 6.20 Å². The average Bonchev–Trinajstić information content (AvgIpc) is 3.07. The highest BCUT2D eigenvalue weighted by molar-refractivity contribution is 5.53. The third kappa shape index (κ3) is 2.88. The van der Waals surface area contributed by atoms with Gasteiger partial charge >= 0.3 is 0 Å². The Bertz CT molecular complexity index is 655. The van der Waals surface area contributed by atoms with Crippen molar-refractivity contribution in [1.29, 1.82) is 0 Å². The van der Waals surface area contributed by atoms with Crippen LogP contribution in [0.1, 0.15) is 5.69 Å². The molecule has 20 heavy (non-hydrogen) atoms. The summed E-state index contributed by atoms with van der Waals surface area (Å²) in [5, 5.41) is 7.56. The molecule has 0 spiro atoms. The zero-order chi connectivity index (χ0) is 13.8. The number of aromatic nitrogens is 4. The Morgan fingerprint density at radius 1 is 1.10 bits per heavy atom. The van der Waals surface area contributed by atoms with Gasteiger partial charge in [0.1, 0.15) is 0 Å². The molecule has 1 N–H and O–H groups in total. The van der Waals surface area contributed by atoms with Gasteiger partial charge in [-0.05, 0) is 25.1 Å². The molecular weight excluding hydrogens is 250 g/mol. The van der Waals surface area contributed by atoms with Gasteiger partial charge in [-0.3, -0.25) is 4.68 Å². The minimum atomic E-state index is 0.826. The quantitative estimate of drug-likeness (QED) is 0.773. The fourth-order valence-electron chi connectivity index (χ4n) is 2.11. The summed E-state index contributed by atoms with van der Waals surface area (Å²) >= 11 is 0. The number of aryl methyl sites for hydroxylation is 3. The fraction of sp³-hybridized carbons (Fsp3) is 0.200. The van der Waals surface area contributed by atoms with E-state index in [1.165, 1.54) is 0 Å². The molecule has 0 aliphatic heterocycles. The van der Waals surface area contributed by atoms with Crippen LogP contribution < -0.4 is 5.32 Å². The number of hydrogen-bond donors (Lipinski definition) is 1. The van der Waals surface area contributed by atoms with Gasteiger partial charge in [0, 0.05) is 30.8 Å². The Morgan fingerprint density at radius 2 is 1.95 bits per heavy atom. The number of rotatable bonds is 5. The van der Waals surface area contributed by atoms with Gasteiger partial charge in [0.15, 0.2) is 0 Å². The lowest BCUT2D eigenvalue weighted by Gasteiger charge is -2.09. The second-order valence-corrected chi connectivity index (χ2v) is 4.66. The van der Waals surface area contributed by atoms with Crippen molar-refractivity contribution in [2.75, 3.05) is 5.32 Å². The Labute approximate surface area is 117 Å². The summed E-state index contributed by atoms with van der Waals surface area (Å²) in [5.41, 5.74) is 2.04. The smallest absolute Gasteiger partial charge is 0.207 e. The van der Waals surface area contributed by atoms with Crippen molar-refractivity contribution < 1.29 is 0 Å². The van der Waals surface area contributed by atoms with Crippen molar-refractivity contribution in [3.05, 3.63) is 60.7 Å². The van der Waals surface area contributed by atoms with E-state index in [-0.39, 0.29) is 0 Å². The van der Waals surface area contributed by atoms with Crippen LogP contribution in [-0.2, 0) is 13.1 Å². The molecule has 3 rings (SSSR count). The van der Waals surface area contributed by atoms with E-state index in [0.717, 1.165) is 30.4 Å². The van der Waals surface area contributed by atoms with E-state index in [1.807, 2.05) is 54.2 Å². The molecule has 0 amide bonds. The van der Waals surface area contributed by atoms with E-state index >= 15 is 0 Å². The molecule has 3 aromatic rings. The molecule has 5 nitrogen and oxygen atoms in total. The van der Waals surface area contributed by atoms with Crippen LogP contribution in [0.4, 0.5) is 11.6 Å². The number of benzene rings is 1. The monoisotopic (exact) mass is 267 g/mol. The number of imidazole rings is 1. The molecule has 0 bridgehead atoms. The Morgan fingerprint density at radius 3 is 2.70 bits per heavy atom. The van der Waals surface area contributed by atoms with Crippen LogP contribution in [0.2, 0.25) is 0 Å².